The lowest BCUT2D eigenvalue weighted by molar-refractivity contribution is 0.663. The van der Waals surface area contributed by atoms with Crippen molar-refractivity contribution in [3.63, 3.8) is 0 Å². The number of thiophene rings is 2. The van der Waals surface area contributed by atoms with E-state index in [-0.39, 0.29) is 6.17 Å². The van der Waals surface area contributed by atoms with Crippen LogP contribution in [-0.4, -0.2) is 32.5 Å². The Morgan fingerprint density at radius 3 is 1.55 bits per heavy atom. The maximum absolute atomic E-state index is 6.70. The Labute approximate surface area is 661 Å². The number of hydrogen-bond donors (Lipinski definition) is 2. The lowest BCUT2D eigenvalue weighted by atomic mass is 10.00. The molecule has 3 aliphatic rings. The van der Waals surface area contributed by atoms with Crippen molar-refractivity contribution in [3.8, 4) is 44.8 Å². The third-order valence-electron chi connectivity index (χ3n) is 23.3. The highest BCUT2D eigenvalue weighted by Crippen LogP contribution is 2.46. The third kappa shape index (κ3) is 10.5. The number of allylic oxidation sites excluding steroid dienone is 1. The van der Waals surface area contributed by atoms with Crippen LogP contribution in [0.4, 0.5) is 0 Å². The van der Waals surface area contributed by atoms with Crippen LogP contribution >= 0.6 is 22.7 Å². The summed E-state index contributed by atoms with van der Waals surface area (Å²) in [5, 5.41) is 20.3. The number of benzene rings is 15. The molecule has 2 unspecified atom stereocenters. The van der Waals surface area contributed by atoms with E-state index in [0.29, 0.717) is 11.7 Å². The Kier molecular flexibility index (Phi) is 14.5. The van der Waals surface area contributed by atoms with Gasteiger partial charge in [0.15, 0.2) is 11.7 Å². The van der Waals surface area contributed by atoms with Crippen molar-refractivity contribution in [2.45, 2.75) is 25.2 Å². The summed E-state index contributed by atoms with van der Waals surface area (Å²) in [4.78, 5) is 20.7. The second-order valence-electron chi connectivity index (χ2n) is 29.9. The van der Waals surface area contributed by atoms with Crippen molar-refractivity contribution in [1.82, 2.24) is 19.8 Å². The molecule has 1 aliphatic carbocycles. The summed E-state index contributed by atoms with van der Waals surface area (Å²) >= 11 is 3.71. The summed E-state index contributed by atoms with van der Waals surface area (Å²) in [5.74, 6) is 2.88. The second kappa shape index (κ2) is 25.6. The quantitative estimate of drug-likeness (QED) is 0.134. The fourth-order valence-corrected chi connectivity index (χ4v) is 20.1. The second-order valence-corrected chi connectivity index (χ2v) is 32.1. The van der Waals surface area contributed by atoms with Gasteiger partial charge < -0.3 is 28.6 Å². The molecule has 2 N–H and O–H groups in total. The normalized spacial score (nSPS) is 15.1. The highest BCUT2D eigenvalue weighted by molar-refractivity contribution is 7.26. The average molecular weight is 1500 g/mol. The summed E-state index contributed by atoms with van der Waals surface area (Å²) < 4.78 is 23.3. The van der Waals surface area contributed by atoms with E-state index in [9.17, 15) is 0 Å². The fourth-order valence-electron chi connectivity index (χ4n) is 17.8. The van der Waals surface area contributed by atoms with Gasteiger partial charge in [-0.1, -0.05) is 212 Å². The molecule has 536 valence electrons. The van der Waals surface area contributed by atoms with E-state index in [1.54, 1.807) is 0 Å². The van der Waals surface area contributed by atoms with E-state index in [1.807, 2.05) is 77.3 Å². The molecular formula is C102H64N8O2S2. The number of amidine groups is 4. The average Bonchev–Trinajstić information content (AvgIpc) is 1.60. The standard InChI is InChI=1S/C102H64N8O2S2/c1-4-17-60(18-5-1)97-103-98(61-19-6-2-7-20-61)106-101(105-97)69-38-47-89-80(54-69)76-44-36-68(57-92(76)112-89)66-41-50-94-83(53-66)78-26-16-30-88(96(78)114-94)110-86-29-15-12-25-74(86)79-51-64(37-46-87(79)110)59-31-33-63(34-32-59)100-104-99(62-21-8-3-9-22-62)107-102(108-100)70-39-48-90-81(55-70)75-43-35-67(56-91(75)111-90)65-40-49-93-82(52-65)77-45-42-71(58-95(77)113-93)109-84-27-13-10-23-72(84)73-24-11-14-28-85(73)109/h1-10,12-23,25-58,97,102H,11,24H2,(H,103,105,106)(H,104,107,108). The molecule has 15 aromatic carbocycles. The van der Waals surface area contributed by atoms with Crippen LogP contribution < -0.4 is 10.6 Å². The van der Waals surface area contributed by atoms with Gasteiger partial charge in [-0.25, -0.2) is 20.0 Å². The summed E-state index contributed by atoms with van der Waals surface area (Å²) in [7, 11) is 0. The number of nitrogens with one attached hydrogen (secondary N) is 2. The van der Waals surface area contributed by atoms with E-state index in [2.05, 4.69) is 305 Å². The minimum Gasteiger partial charge on any atom is -0.456 e. The molecule has 114 heavy (non-hydrogen) atoms. The van der Waals surface area contributed by atoms with Crippen molar-refractivity contribution in [1.29, 1.82) is 0 Å². The number of nitrogens with zero attached hydrogens (tertiary/aromatic N) is 6. The van der Waals surface area contributed by atoms with Crippen molar-refractivity contribution in [2.75, 3.05) is 0 Å². The first kappa shape index (κ1) is 64.5. The van der Waals surface area contributed by atoms with E-state index < -0.39 is 6.17 Å². The van der Waals surface area contributed by atoms with Crippen LogP contribution in [0.15, 0.2) is 362 Å². The zero-order chi connectivity index (χ0) is 74.6. The zero-order valence-electron chi connectivity index (χ0n) is 61.2. The molecule has 24 rings (SSSR count). The SMILES string of the molecule is C1=Cc2c(c3ccccc3n2-c2ccc3c(c2)sc2ccc(-c4ccc5c(c4)oc4ccc(C6N=C(c7ccccc7)N=C(c7ccc(-c8ccc9c(c8)c8ccccc8n9-c8cccc9c8sc8ccc(-c%10ccc%11c(c%10)oc%10ccc(C%12=NC(c%13ccccc%13)=NC(c%13ccccc%13)N%12)cc%10%11)cc89)cc7)N6)cc45)cc23)CC1. The summed E-state index contributed by atoms with van der Waals surface area (Å²) in [6, 6.07) is 118. The number of hydrogen-bond acceptors (Lipinski definition) is 10. The molecular weight excluding hydrogens is 1430 g/mol. The molecule has 6 aromatic heterocycles. The van der Waals surface area contributed by atoms with Gasteiger partial charge in [-0.3, -0.25) is 0 Å². The number of rotatable bonds is 11. The van der Waals surface area contributed by atoms with Gasteiger partial charge in [0.05, 0.1) is 26.9 Å². The van der Waals surface area contributed by atoms with E-state index in [4.69, 9.17) is 28.8 Å². The number of fused-ring (bicyclic) bond motifs is 18. The van der Waals surface area contributed by atoms with Crippen molar-refractivity contribution in [2.24, 2.45) is 20.0 Å². The largest absolute Gasteiger partial charge is 0.456 e. The predicted molar refractivity (Wildman–Crippen MR) is 475 cm³/mol. The lowest BCUT2D eigenvalue weighted by Gasteiger charge is -2.24. The number of para-hydroxylation sites is 2. The van der Waals surface area contributed by atoms with Crippen molar-refractivity contribution < 1.29 is 8.83 Å². The summed E-state index contributed by atoms with van der Waals surface area (Å²) in [6.45, 7) is 0. The number of aromatic nitrogens is 2. The van der Waals surface area contributed by atoms with Gasteiger partial charge in [0.1, 0.15) is 46.3 Å². The van der Waals surface area contributed by atoms with Crippen LogP contribution in [0.2, 0.25) is 0 Å². The highest BCUT2D eigenvalue weighted by Gasteiger charge is 2.27. The Hall–Kier alpha value is -14.3. The fraction of sp³-hybridized carbons (Fsp3) is 0.0392. The molecule has 0 saturated heterocycles. The Morgan fingerprint density at radius 2 is 0.833 bits per heavy atom. The van der Waals surface area contributed by atoms with Gasteiger partial charge in [-0.15, -0.1) is 22.7 Å². The first-order valence-corrected chi connectivity index (χ1v) is 40.4. The van der Waals surface area contributed by atoms with Crippen molar-refractivity contribution in [3.05, 3.63) is 378 Å². The summed E-state index contributed by atoms with van der Waals surface area (Å²) in [6.07, 6.45) is 6.06. The first-order valence-electron chi connectivity index (χ1n) is 38.7. The van der Waals surface area contributed by atoms with E-state index in [1.165, 1.54) is 79.0 Å². The van der Waals surface area contributed by atoms with Crippen LogP contribution in [0, 0.1) is 0 Å². The van der Waals surface area contributed by atoms with Gasteiger partial charge in [-0.05, 0) is 190 Å². The number of furan rings is 2. The van der Waals surface area contributed by atoms with Gasteiger partial charge in [0.25, 0.3) is 0 Å². The highest BCUT2D eigenvalue weighted by atomic mass is 32.1. The van der Waals surface area contributed by atoms with Gasteiger partial charge >= 0.3 is 0 Å². The van der Waals surface area contributed by atoms with Crippen LogP contribution in [0.3, 0.4) is 0 Å². The third-order valence-corrected chi connectivity index (χ3v) is 25.7. The zero-order valence-corrected chi connectivity index (χ0v) is 62.8. The molecule has 0 radical (unpaired) electrons. The first-order chi connectivity index (χ1) is 56.4. The van der Waals surface area contributed by atoms with Gasteiger partial charge in [0.2, 0.25) is 0 Å². The van der Waals surface area contributed by atoms with Gasteiger partial charge in [-0.2, -0.15) is 0 Å². The van der Waals surface area contributed by atoms with Crippen LogP contribution in [-0.2, 0) is 6.42 Å². The molecule has 2 atom stereocenters. The Balaban J connectivity index is 0.507. The topological polar surface area (TPSA) is 110 Å². The molecule has 0 amide bonds. The lowest BCUT2D eigenvalue weighted by Crippen LogP contribution is -2.33. The molecule has 10 nitrogen and oxygen atoms in total. The molecule has 2 aliphatic heterocycles. The maximum atomic E-state index is 6.70. The number of aryl methyl sites for hydroxylation is 1. The van der Waals surface area contributed by atoms with E-state index >= 15 is 0 Å². The smallest absolute Gasteiger partial charge is 0.159 e. The van der Waals surface area contributed by atoms with Gasteiger partial charge in [0, 0.05) is 107 Å². The molecule has 0 saturated carbocycles. The molecule has 8 heterocycles. The van der Waals surface area contributed by atoms with Crippen LogP contribution in [0.25, 0.3) is 168 Å². The maximum Gasteiger partial charge on any atom is 0.159 e. The molecule has 0 bridgehead atoms. The molecule has 12 heteroatoms. The monoisotopic (exact) mass is 1500 g/mol. The van der Waals surface area contributed by atoms with Crippen molar-refractivity contribution >= 4 is 169 Å². The Morgan fingerprint density at radius 1 is 0.316 bits per heavy atom. The minimum absolute atomic E-state index is 0.289. The molecule has 0 fully saturated rings. The molecule has 21 aromatic rings. The molecule has 0 spiro atoms. The number of aliphatic imine (C=N–C) groups is 4. The minimum atomic E-state index is -0.422. The van der Waals surface area contributed by atoms with E-state index in [0.717, 1.165) is 152 Å². The predicted octanol–water partition coefficient (Wildman–Crippen LogP) is 26.2. The van der Waals surface area contributed by atoms with Crippen LogP contribution in [0.5, 0.6) is 0 Å². The van der Waals surface area contributed by atoms with Crippen LogP contribution in [0.1, 0.15) is 63.4 Å². The Bertz CT molecular complexity index is 7800. The summed E-state index contributed by atoms with van der Waals surface area (Å²) in [5.41, 5.74) is 24.7.